The van der Waals surface area contributed by atoms with Crippen molar-refractivity contribution in [2.45, 2.75) is 13.5 Å². The lowest BCUT2D eigenvalue weighted by molar-refractivity contribution is 0.0628. The molecule has 0 bridgehead atoms. The van der Waals surface area contributed by atoms with Gasteiger partial charge in [-0.3, -0.25) is 9.69 Å². The summed E-state index contributed by atoms with van der Waals surface area (Å²) in [6.07, 6.45) is 1.57. The number of halogens is 1. The molecule has 23 heavy (non-hydrogen) atoms. The Kier molecular flexibility index (Phi) is 4.94. The Hall–Kier alpha value is -1.91. The monoisotopic (exact) mass is 329 g/mol. The fourth-order valence-corrected chi connectivity index (χ4v) is 3.03. The van der Waals surface area contributed by atoms with Gasteiger partial charge in [0.2, 0.25) is 0 Å². The summed E-state index contributed by atoms with van der Waals surface area (Å²) >= 11 is 5.87. The molecule has 2 heterocycles. The fraction of sp³-hybridized carbons (Fsp3) is 0.333. The lowest BCUT2D eigenvalue weighted by Gasteiger charge is -2.35. The van der Waals surface area contributed by atoms with E-state index in [2.05, 4.69) is 41.1 Å². The number of carbonyl (C=O) groups excluding carboxylic acids is 1. The maximum Gasteiger partial charge on any atom is 0.254 e. The number of carbonyl (C=O) groups is 1. The molecule has 1 amide bonds. The Balaban J connectivity index is 1.58. The molecular formula is C18H20ClN3O. The van der Waals surface area contributed by atoms with E-state index in [0.717, 1.165) is 32.7 Å². The average molecular weight is 330 g/mol. The second kappa shape index (κ2) is 7.11. The van der Waals surface area contributed by atoms with Crippen molar-refractivity contribution in [3.63, 3.8) is 0 Å². The van der Waals surface area contributed by atoms with Crippen LogP contribution in [0.3, 0.4) is 0 Å². The highest BCUT2D eigenvalue weighted by atomic mass is 35.5. The molecule has 3 rings (SSSR count). The van der Waals surface area contributed by atoms with E-state index in [1.807, 2.05) is 4.90 Å². The van der Waals surface area contributed by atoms with Crippen LogP contribution in [0, 0.1) is 6.92 Å². The van der Waals surface area contributed by atoms with Gasteiger partial charge in [0.15, 0.2) is 0 Å². The molecule has 2 aromatic rings. The van der Waals surface area contributed by atoms with Crippen molar-refractivity contribution in [1.29, 1.82) is 0 Å². The third-order valence-corrected chi connectivity index (χ3v) is 4.49. The number of rotatable bonds is 3. The van der Waals surface area contributed by atoms with Crippen molar-refractivity contribution in [1.82, 2.24) is 14.8 Å². The Bertz CT molecular complexity index is 696. The first-order valence-corrected chi connectivity index (χ1v) is 8.19. The number of benzene rings is 1. The molecule has 0 N–H and O–H groups in total. The molecule has 1 aromatic carbocycles. The first kappa shape index (κ1) is 16.0. The number of hydrogen-bond donors (Lipinski definition) is 0. The molecule has 0 aliphatic carbocycles. The minimum Gasteiger partial charge on any atom is -0.336 e. The van der Waals surface area contributed by atoms with Gasteiger partial charge in [0.1, 0.15) is 5.15 Å². The van der Waals surface area contributed by atoms with Crippen molar-refractivity contribution in [3.05, 3.63) is 64.4 Å². The molecule has 0 radical (unpaired) electrons. The normalized spacial score (nSPS) is 15.7. The summed E-state index contributed by atoms with van der Waals surface area (Å²) < 4.78 is 0. The third-order valence-electron chi connectivity index (χ3n) is 4.29. The van der Waals surface area contributed by atoms with Gasteiger partial charge in [-0.15, -0.1) is 0 Å². The van der Waals surface area contributed by atoms with Crippen molar-refractivity contribution < 1.29 is 4.79 Å². The van der Waals surface area contributed by atoms with E-state index in [-0.39, 0.29) is 5.91 Å². The highest BCUT2D eigenvalue weighted by Gasteiger charge is 2.22. The zero-order chi connectivity index (χ0) is 16.2. The highest BCUT2D eigenvalue weighted by molar-refractivity contribution is 6.29. The number of pyridine rings is 1. The van der Waals surface area contributed by atoms with Crippen LogP contribution >= 0.6 is 11.6 Å². The van der Waals surface area contributed by atoms with Gasteiger partial charge in [0, 0.05) is 44.5 Å². The number of piperazine rings is 1. The minimum absolute atomic E-state index is 0.0323. The Labute approximate surface area is 141 Å². The van der Waals surface area contributed by atoms with E-state index >= 15 is 0 Å². The summed E-state index contributed by atoms with van der Waals surface area (Å²) in [5.74, 6) is 0.0323. The third kappa shape index (κ3) is 3.89. The topological polar surface area (TPSA) is 36.4 Å². The number of hydrogen-bond acceptors (Lipinski definition) is 3. The Morgan fingerprint density at radius 1 is 1.17 bits per heavy atom. The van der Waals surface area contributed by atoms with Crippen molar-refractivity contribution in [3.8, 4) is 0 Å². The predicted octanol–water partition coefficient (Wildman–Crippen LogP) is 3.00. The van der Waals surface area contributed by atoms with Gasteiger partial charge >= 0.3 is 0 Å². The molecule has 1 fully saturated rings. The Morgan fingerprint density at radius 3 is 2.61 bits per heavy atom. The number of nitrogens with zero attached hydrogens (tertiary/aromatic N) is 3. The molecule has 0 saturated carbocycles. The second-order valence-electron chi connectivity index (χ2n) is 5.86. The van der Waals surface area contributed by atoms with Crippen LogP contribution in [0.4, 0.5) is 0 Å². The van der Waals surface area contributed by atoms with Gasteiger partial charge in [0.25, 0.3) is 5.91 Å². The number of aryl methyl sites for hydroxylation is 1. The molecule has 0 atom stereocenters. The molecule has 0 spiro atoms. The maximum absolute atomic E-state index is 12.5. The molecule has 1 aliphatic rings. The highest BCUT2D eigenvalue weighted by Crippen LogP contribution is 2.15. The summed E-state index contributed by atoms with van der Waals surface area (Å²) in [6.45, 7) is 6.34. The molecule has 4 nitrogen and oxygen atoms in total. The second-order valence-corrected chi connectivity index (χ2v) is 6.25. The zero-order valence-corrected chi connectivity index (χ0v) is 14.0. The fourth-order valence-electron chi connectivity index (χ4n) is 2.86. The van der Waals surface area contributed by atoms with Gasteiger partial charge in [-0.25, -0.2) is 4.98 Å². The Morgan fingerprint density at radius 2 is 1.91 bits per heavy atom. The molecule has 120 valence electrons. The van der Waals surface area contributed by atoms with Crippen molar-refractivity contribution >= 4 is 17.5 Å². The van der Waals surface area contributed by atoms with Crippen LogP contribution in [0.5, 0.6) is 0 Å². The van der Waals surface area contributed by atoms with Crippen LogP contribution < -0.4 is 0 Å². The maximum atomic E-state index is 12.5. The van der Waals surface area contributed by atoms with Gasteiger partial charge in [-0.2, -0.15) is 0 Å². The van der Waals surface area contributed by atoms with Gasteiger partial charge in [0.05, 0.1) is 0 Å². The quantitative estimate of drug-likeness (QED) is 0.812. The van der Waals surface area contributed by atoms with Crippen LogP contribution in [0.1, 0.15) is 21.5 Å². The van der Waals surface area contributed by atoms with Gasteiger partial charge < -0.3 is 4.90 Å². The van der Waals surface area contributed by atoms with E-state index in [1.54, 1.807) is 18.3 Å². The summed E-state index contributed by atoms with van der Waals surface area (Å²) in [4.78, 5) is 20.7. The van der Waals surface area contributed by atoms with E-state index in [0.29, 0.717) is 10.7 Å². The van der Waals surface area contributed by atoms with E-state index in [1.165, 1.54) is 11.1 Å². The van der Waals surface area contributed by atoms with Crippen LogP contribution in [-0.2, 0) is 6.54 Å². The van der Waals surface area contributed by atoms with Crippen LogP contribution in [0.25, 0.3) is 0 Å². The first-order valence-electron chi connectivity index (χ1n) is 7.81. The molecule has 1 aliphatic heterocycles. The van der Waals surface area contributed by atoms with Gasteiger partial charge in [-0.1, -0.05) is 35.9 Å². The molecule has 5 heteroatoms. The summed E-state index contributed by atoms with van der Waals surface area (Å²) in [5.41, 5.74) is 3.28. The predicted molar refractivity (Wildman–Crippen MR) is 91.6 cm³/mol. The van der Waals surface area contributed by atoms with Crippen LogP contribution in [-0.4, -0.2) is 46.9 Å². The first-order chi connectivity index (χ1) is 11.1. The van der Waals surface area contributed by atoms with Crippen LogP contribution in [0.15, 0.2) is 42.6 Å². The van der Waals surface area contributed by atoms with Gasteiger partial charge in [-0.05, 0) is 30.2 Å². The smallest absolute Gasteiger partial charge is 0.254 e. The van der Waals surface area contributed by atoms with Crippen molar-refractivity contribution in [2.24, 2.45) is 0 Å². The number of aromatic nitrogens is 1. The molecule has 0 unspecified atom stereocenters. The lowest BCUT2D eigenvalue weighted by Crippen LogP contribution is -2.48. The summed E-state index contributed by atoms with van der Waals surface area (Å²) in [7, 11) is 0. The zero-order valence-electron chi connectivity index (χ0n) is 13.2. The molecular weight excluding hydrogens is 310 g/mol. The van der Waals surface area contributed by atoms with Crippen LogP contribution in [0.2, 0.25) is 5.15 Å². The van der Waals surface area contributed by atoms with E-state index in [4.69, 9.17) is 11.6 Å². The molecule has 1 aromatic heterocycles. The minimum atomic E-state index is 0.0323. The van der Waals surface area contributed by atoms with E-state index < -0.39 is 0 Å². The standard InChI is InChI=1S/C18H20ClN3O/c1-14-4-2-3-5-16(14)13-21-8-10-22(11-9-21)18(23)15-6-7-20-17(19)12-15/h2-7,12H,8-11,13H2,1H3. The summed E-state index contributed by atoms with van der Waals surface area (Å²) in [6, 6.07) is 11.8. The lowest BCUT2D eigenvalue weighted by atomic mass is 10.1. The molecule has 1 saturated heterocycles. The number of amides is 1. The SMILES string of the molecule is Cc1ccccc1CN1CCN(C(=O)c2ccnc(Cl)c2)CC1. The largest absolute Gasteiger partial charge is 0.336 e. The summed E-state index contributed by atoms with van der Waals surface area (Å²) in [5, 5.41) is 0.356. The van der Waals surface area contributed by atoms with E-state index in [9.17, 15) is 4.79 Å². The van der Waals surface area contributed by atoms with Crippen molar-refractivity contribution in [2.75, 3.05) is 26.2 Å². The average Bonchev–Trinajstić information content (AvgIpc) is 2.57.